The minimum atomic E-state index is -0.161. The molecule has 0 unspecified atom stereocenters. The Bertz CT molecular complexity index is 574. The van der Waals surface area contributed by atoms with Gasteiger partial charge in [0.05, 0.1) is 12.2 Å². The second-order valence-corrected chi connectivity index (χ2v) is 4.10. The molecule has 0 saturated carbocycles. The zero-order valence-electron chi connectivity index (χ0n) is 10.4. The Morgan fingerprint density at radius 1 is 1.37 bits per heavy atom. The number of aliphatic imine (C=N–C) groups is 2. The fourth-order valence-electron chi connectivity index (χ4n) is 1.76. The van der Waals surface area contributed by atoms with E-state index in [2.05, 4.69) is 15.3 Å². The summed E-state index contributed by atoms with van der Waals surface area (Å²) in [6, 6.07) is 5.19. The average Bonchev–Trinajstić information content (AvgIpc) is 2.30. The van der Waals surface area contributed by atoms with Gasteiger partial charge < -0.3 is 27.4 Å². The van der Waals surface area contributed by atoms with Crippen LogP contribution in [0.4, 0.5) is 16.2 Å². The maximum atomic E-state index is 11.5. The van der Waals surface area contributed by atoms with Gasteiger partial charge in [-0.15, -0.1) is 0 Å². The highest BCUT2D eigenvalue weighted by Gasteiger charge is 2.21. The number of hydrogen-bond donors (Lipinski definition) is 4. The lowest BCUT2D eigenvalue weighted by Gasteiger charge is -2.26. The van der Waals surface area contributed by atoms with Crippen molar-refractivity contribution in [2.75, 3.05) is 12.4 Å². The van der Waals surface area contributed by atoms with Gasteiger partial charge in [0.1, 0.15) is 0 Å². The number of nitrogens with two attached hydrogens (primary N) is 3. The Kier molecular flexibility index (Phi) is 3.23. The van der Waals surface area contributed by atoms with Gasteiger partial charge in [0.15, 0.2) is 5.96 Å². The number of fused-ring (bicyclic) bond motifs is 1. The van der Waals surface area contributed by atoms with Gasteiger partial charge in [0.2, 0.25) is 5.96 Å². The maximum Gasteiger partial charge on any atom is 0.321 e. The van der Waals surface area contributed by atoms with E-state index in [4.69, 9.17) is 17.2 Å². The third-order valence-electron chi connectivity index (χ3n) is 2.61. The van der Waals surface area contributed by atoms with E-state index in [-0.39, 0.29) is 18.0 Å². The number of amides is 2. The zero-order chi connectivity index (χ0) is 14.0. The fraction of sp³-hybridized carbons (Fsp3) is 0.182. The van der Waals surface area contributed by atoms with Gasteiger partial charge in [-0.2, -0.15) is 4.99 Å². The minimum absolute atomic E-state index is 0.0343. The number of nitrogens with one attached hydrogen (secondary N) is 1. The second kappa shape index (κ2) is 4.84. The molecule has 1 aromatic rings. The molecule has 2 rings (SSSR count). The molecule has 1 aromatic carbocycles. The summed E-state index contributed by atoms with van der Waals surface area (Å²) in [6.45, 7) is 0.440. The lowest BCUT2D eigenvalue weighted by Crippen LogP contribution is -2.35. The van der Waals surface area contributed by atoms with Crippen LogP contribution in [0.1, 0.15) is 5.56 Å². The smallest absolute Gasteiger partial charge is 0.321 e. The molecule has 1 heterocycles. The summed E-state index contributed by atoms with van der Waals surface area (Å²) in [4.78, 5) is 20.9. The van der Waals surface area contributed by atoms with Crippen molar-refractivity contribution in [2.24, 2.45) is 27.2 Å². The van der Waals surface area contributed by atoms with Crippen LogP contribution in [-0.2, 0) is 6.54 Å². The predicted octanol–water partition coefficient (Wildman–Crippen LogP) is -0.116. The topological polar surface area (TPSA) is 135 Å². The van der Waals surface area contributed by atoms with Crippen molar-refractivity contribution in [1.82, 2.24) is 4.90 Å². The van der Waals surface area contributed by atoms with E-state index in [0.717, 1.165) is 5.56 Å². The molecule has 0 aliphatic carbocycles. The number of nitrogens with zero attached hydrogens (tertiary/aromatic N) is 3. The molecule has 19 heavy (non-hydrogen) atoms. The van der Waals surface area contributed by atoms with Gasteiger partial charge in [-0.25, -0.2) is 9.79 Å². The molecule has 0 aromatic heterocycles. The molecule has 0 saturated heterocycles. The molecule has 0 atom stereocenters. The summed E-state index contributed by atoms with van der Waals surface area (Å²) in [5.41, 5.74) is 18.2. The Hall–Kier alpha value is -2.77. The third-order valence-corrected chi connectivity index (χ3v) is 2.61. The predicted molar refractivity (Wildman–Crippen MR) is 74.0 cm³/mol. The van der Waals surface area contributed by atoms with Gasteiger partial charge in [0.25, 0.3) is 0 Å². The number of carbonyl (C=O) groups is 1. The monoisotopic (exact) mass is 261 g/mol. The molecule has 0 spiro atoms. The Balaban J connectivity index is 2.41. The third kappa shape index (κ3) is 2.73. The molecule has 0 bridgehead atoms. The van der Waals surface area contributed by atoms with E-state index >= 15 is 0 Å². The number of anilines is 1. The summed E-state index contributed by atoms with van der Waals surface area (Å²) in [5, 5.41) is 2.76. The number of rotatable bonds is 1. The molecule has 1 aliphatic rings. The molecule has 7 N–H and O–H groups in total. The first-order chi connectivity index (χ1) is 8.97. The number of guanidine groups is 2. The van der Waals surface area contributed by atoms with Crippen molar-refractivity contribution in [3.05, 3.63) is 23.8 Å². The minimum Gasteiger partial charge on any atom is -0.370 e. The van der Waals surface area contributed by atoms with Crippen LogP contribution in [-0.4, -0.2) is 29.9 Å². The Labute approximate surface area is 110 Å². The molecule has 8 heteroatoms. The van der Waals surface area contributed by atoms with Crippen LogP contribution in [0.5, 0.6) is 0 Å². The van der Waals surface area contributed by atoms with Gasteiger partial charge >= 0.3 is 6.03 Å². The van der Waals surface area contributed by atoms with E-state index in [0.29, 0.717) is 17.9 Å². The Morgan fingerprint density at radius 3 is 2.79 bits per heavy atom. The lowest BCUT2D eigenvalue weighted by atomic mass is 10.1. The normalized spacial score (nSPS) is 14.7. The molecular weight excluding hydrogens is 246 g/mol. The molecule has 0 fully saturated rings. The number of hydrogen-bond acceptors (Lipinski definition) is 2. The van der Waals surface area contributed by atoms with Crippen LogP contribution in [0.25, 0.3) is 0 Å². The van der Waals surface area contributed by atoms with Crippen molar-refractivity contribution in [3.8, 4) is 0 Å². The van der Waals surface area contributed by atoms with E-state index in [1.807, 2.05) is 0 Å². The Morgan fingerprint density at radius 2 is 2.11 bits per heavy atom. The molecule has 8 nitrogen and oxygen atoms in total. The molecule has 2 amide bonds. The second-order valence-electron chi connectivity index (χ2n) is 4.10. The van der Waals surface area contributed by atoms with E-state index in [1.54, 1.807) is 25.2 Å². The average molecular weight is 261 g/mol. The number of benzene rings is 1. The molecule has 1 aliphatic heterocycles. The summed E-state index contributed by atoms with van der Waals surface area (Å²) in [7, 11) is 1.69. The van der Waals surface area contributed by atoms with Crippen molar-refractivity contribution in [1.29, 1.82) is 0 Å². The lowest BCUT2D eigenvalue weighted by molar-refractivity contribution is 0.218. The highest BCUT2D eigenvalue weighted by molar-refractivity contribution is 5.96. The van der Waals surface area contributed by atoms with Crippen molar-refractivity contribution in [3.63, 3.8) is 0 Å². The fourth-order valence-corrected chi connectivity index (χ4v) is 1.76. The van der Waals surface area contributed by atoms with E-state index in [1.165, 1.54) is 4.90 Å². The van der Waals surface area contributed by atoms with Gasteiger partial charge in [0, 0.05) is 18.3 Å². The van der Waals surface area contributed by atoms with Crippen molar-refractivity contribution >= 4 is 29.3 Å². The summed E-state index contributed by atoms with van der Waals surface area (Å²) in [6.07, 6.45) is 0. The standard InChI is InChI=1S/C11H15N7O/c1-18-5-6-7(15-10(14)17-9(12)13)3-2-4-8(6)16-11(18)19/h2-4H,5H2,1H3,(H,16,19)(H6,12,13,14,15,17). The van der Waals surface area contributed by atoms with Gasteiger partial charge in [-0.1, -0.05) is 6.07 Å². The summed E-state index contributed by atoms with van der Waals surface area (Å²) < 4.78 is 0. The maximum absolute atomic E-state index is 11.5. The van der Waals surface area contributed by atoms with E-state index < -0.39 is 0 Å². The van der Waals surface area contributed by atoms with Crippen molar-refractivity contribution < 1.29 is 4.79 Å². The summed E-state index contributed by atoms with van der Waals surface area (Å²) >= 11 is 0. The first-order valence-electron chi connectivity index (χ1n) is 5.55. The number of carbonyl (C=O) groups excluding carboxylic acids is 1. The van der Waals surface area contributed by atoms with Crippen LogP contribution in [0.2, 0.25) is 0 Å². The number of urea groups is 1. The van der Waals surface area contributed by atoms with Crippen LogP contribution < -0.4 is 22.5 Å². The van der Waals surface area contributed by atoms with Crippen LogP contribution in [0.3, 0.4) is 0 Å². The first-order valence-corrected chi connectivity index (χ1v) is 5.55. The van der Waals surface area contributed by atoms with Crippen LogP contribution in [0.15, 0.2) is 28.2 Å². The first kappa shape index (κ1) is 12.7. The molecule has 100 valence electrons. The SMILES string of the molecule is CN1Cc2c(N=C(N)N=C(N)N)cccc2NC1=O. The van der Waals surface area contributed by atoms with Crippen LogP contribution >= 0.6 is 0 Å². The zero-order valence-corrected chi connectivity index (χ0v) is 10.4. The van der Waals surface area contributed by atoms with Gasteiger partial charge in [-0.05, 0) is 12.1 Å². The largest absolute Gasteiger partial charge is 0.370 e. The quantitative estimate of drug-likeness (QED) is 0.414. The van der Waals surface area contributed by atoms with Crippen LogP contribution in [0, 0.1) is 0 Å². The molecular formula is C11H15N7O. The molecule has 0 radical (unpaired) electrons. The van der Waals surface area contributed by atoms with Crippen molar-refractivity contribution in [2.45, 2.75) is 6.54 Å². The highest BCUT2D eigenvalue weighted by Crippen LogP contribution is 2.31. The van der Waals surface area contributed by atoms with E-state index in [9.17, 15) is 4.79 Å². The van der Waals surface area contributed by atoms with Gasteiger partial charge in [-0.3, -0.25) is 0 Å². The summed E-state index contributed by atoms with van der Waals surface area (Å²) in [5.74, 6) is -0.190. The highest BCUT2D eigenvalue weighted by atomic mass is 16.2.